The van der Waals surface area contributed by atoms with E-state index >= 15 is 0 Å². The number of carboxylic acid groups (broad SMARTS) is 2. The van der Waals surface area contributed by atoms with Gasteiger partial charge in [-0.25, -0.2) is 14.0 Å². The van der Waals surface area contributed by atoms with Gasteiger partial charge in [0.15, 0.2) is 0 Å². The van der Waals surface area contributed by atoms with Crippen molar-refractivity contribution in [3.05, 3.63) is 71.5 Å². The van der Waals surface area contributed by atoms with E-state index in [2.05, 4.69) is 47.2 Å². The van der Waals surface area contributed by atoms with Crippen LogP contribution in [0.4, 0.5) is 30.7 Å². The highest BCUT2D eigenvalue weighted by Crippen LogP contribution is 2.45. The van der Waals surface area contributed by atoms with Crippen molar-refractivity contribution in [2.75, 3.05) is 26.7 Å². The van der Waals surface area contributed by atoms with Gasteiger partial charge in [0.25, 0.3) is 0 Å². The summed E-state index contributed by atoms with van der Waals surface area (Å²) < 4.78 is 76.6. The molecule has 2 heterocycles. The molecule has 2 unspecified atom stereocenters. The number of benzene rings is 2. The fourth-order valence-electron chi connectivity index (χ4n) is 4.66. The molecule has 0 spiro atoms. The maximum Gasteiger partial charge on any atom is 0.490 e. The van der Waals surface area contributed by atoms with Crippen LogP contribution in [0.1, 0.15) is 24.0 Å². The number of fused-ring (bicyclic) bond motifs is 1. The Bertz CT molecular complexity index is 1040. The number of halogens is 7. The molecule has 13 heteroatoms. The third kappa shape index (κ3) is 8.42. The number of hydrogen-bond donors (Lipinski definition) is 2. The van der Waals surface area contributed by atoms with Gasteiger partial charge in [0.05, 0.1) is 0 Å². The SMILES string of the molecule is CN1CCC2(c3ccccc3)CCN(Cc3ccc(F)cc3)CC12.O=C(O)C(F)(F)F.O=C(O)C(F)(F)F. The lowest BCUT2D eigenvalue weighted by atomic mass is 9.69. The molecule has 0 amide bonds. The van der Waals surface area contributed by atoms with E-state index in [-0.39, 0.29) is 5.82 Å². The Kier molecular flexibility index (Phi) is 10.3. The number of alkyl halides is 6. The first-order valence-corrected chi connectivity index (χ1v) is 11.4. The van der Waals surface area contributed by atoms with E-state index < -0.39 is 24.3 Å². The smallest absolute Gasteiger partial charge is 0.475 e. The maximum absolute atomic E-state index is 13.1. The summed E-state index contributed by atoms with van der Waals surface area (Å²) in [6.07, 6.45) is -7.71. The van der Waals surface area contributed by atoms with Crippen LogP contribution >= 0.6 is 0 Å². The van der Waals surface area contributed by atoms with Crippen LogP contribution in [0, 0.1) is 5.82 Å². The molecular formula is C25H27F7N2O4. The van der Waals surface area contributed by atoms with Gasteiger partial charge in [-0.15, -0.1) is 0 Å². The number of rotatable bonds is 3. The van der Waals surface area contributed by atoms with Crippen LogP contribution in [0.2, 0.25) is 0 Å². The van der Waals surface area contributed by atoms with Gasteiger partial charge in [-0.3, -0.25) is 4.90 Å². The zero-order chi connectivity index (χ0) is 28.7. The molecule has 0 saturated carbocycles. The summed E-state index contributed by atoms with van der Waals surface area (Å²) in [5.41, 5.74) is 3.00. The minimum atomic E-state index is -5.08. The second-order valence-electron chi connectivity index (χ2n) is 8.99. The van der Waals surface area contributed by atoms with E-state index in [0.717, 1.165) is 19.6 Å². The number of nitrogens with zero attached hydrogens (tertiary/aromatic N) is 2. The normalized spacial score (nSPS) is 21.8. The molecule has 210 valence electrons. The van der Waals surface area contributed by atoms with Crippen molar-refractivity contribution in [2.45, 2.75) is 43.2 Å². The van der Waals surface area contributed by atoms with Crippen LogP contribution in [0.15, 0.2) is 54.6 Å². The first-order valence-electron chi connectivity index (χ1n) is 11.4. The van der Waals surface area contributed by atoms with Crippen molar-refractivity contribution in [2.24, 2.45) is 0 Å². The first-order chi connectivity index (χ1) is 17.6. The second-order valence-corrected chi connectivity index (χ2v) is 8.99. The highest BCUT2D eigenvalue weighted by atomic mass is 19.4. The largest absolute Gasteiger partial charge is 0.490 e. The molecule has 0 aliphatic carbocycles. The predicted molar refractivity (Wildman–Crippen MR) is 123 cm³/mol. The van der Waals surface area contributed by atoms with Crippen molar-refractivity contribution >= 4 is 11.9 Å². The van der Waals surface area contributed by atoms with E-state index in [1.165, 1.54) is 30.5 Å². The molecule has 0 bridgehead atoms. The molecule has 2 fully saturated rings. The number of piperidine rings is 1. The summed E-state index contributed by atoms with van der Waals surface area (Å²) in [6.45, 7) is 4.28. The van der Waals surface area contributed by atoms with Gasteiger partial charge in [0, 0.05) is 24.5 Å². The van der Waals surface area contributed by atoms with E-state index in [4.69, 9.17) is 19.8 Å². The number of likely N-dealkylation sites (tertiary alicyclic amines) is 2. The molecule has 2 atom stereocenters. The minimum Gasteiger partial charge on any atom is -0.475 e. The molecule has 2 N–H and O–H groups in total. The zero-order valence-corrected chi connectivity index (χ0v) is 20.3. The van der Waals surface area contributed by atoms with Crippen molar-refractivity contribution in [3.8, 4) is 0 Å². The van der Waals surface area contributed by atoms with Crippen LogP contribution in [-0.4, -0.2) is 77.0 Å². The molecule has 2 aromatic rings. The molecule has 2 aromatic carbocycles. The van der Waals surface area contributed by atoms with Crippen LogP contribution < -0.4 is 0 Å². The van der Waals surface area contributed by atoms with E-state index in [1.54, 1.807) is 12.1 Å². The zero-order valence-electron chi connectivity index (χ0n) is 20.3. The number of carbonyl (C=O) groups is 2. The third-order valence-corrected chi connectivity index (χ3v) is 6.54. The van der Waals surface area contributed by atoms with E-state index in [0.29, 0.717) is 11.5 Å². The molecule has 0 aromatic heterocycles. The van der Waals surface area contributed by atoms with Crippen molar-refractivity contribution in [1.29, 1.82) is 0 Å². The van der Waals surface area contributed by atoms with Gasteiger partial charge >= 0.3 is 24.3 Å². The predicted octanol–water partition coefficient (Wildman–Crippen LogP) is 4.94. The summed E-state index contributed by atoms with van der Waals surface area (Å²) in [5, 5.41) is 14.2. The topological polar surface area (TPSA) is 81.1 Å². The summed E-state index contributed by atoms with van der Waals surface area (Å²) in [4.78, 5) is 22.9. The van der Waals surface area contributed by atoms with E-state index in [9.17, 15) is 30.7 Å². The monoisotopic (exact) mass is 552 g/mol. The Morgan fingerprint density at radius 1 is 0.868 bits per heavy atom. The fourth-order valence-corrected chi connectivity index (χ4v) is 4.66. The third-order valence-electron chi connectivity index (χ3n) is 6.54. The number of hydrogen-bond acceptors (Lipinski definition) is 4. The summed E-state index contributed by atoms with van der Waals surface area (Å²) in [7, 11) is 2.26. The number of aliphatic carboxylic acids is 2. The lowest BCUT2D eigenvalue weighted by Gasteiger charge is -2.46. The minimum absolute atomic E-state index is 0.156. The number of carboxylic acids is 2. The van der Waals surface area contributed by atoms with Crippen LogP contribution in [0.5, 0.6) is 0 Å². The molecule has 2 aliphatic rings. The van der Waals surface area contributed by atoms with Crippen molar-refractivity contribution < 1.29 is 50.5 Å². The molecule has 6 nitrogen and oxygen atoms in total. The Morgan fingerprint density at radius 3 is 1.82 bits per heavy atom. The lowest BCUT2D eigenvalue weighted by molar-refractivity contribution is -0.193. The molecular weight excluding hydrogens is 525 g/mol. The van der Waals surface area contributed by atoms with Gasteiger partial charge < -0.3 is 15.1 Å². The maximum atomic E-state index is 13.1. The average Bonchev–Trinajstić information content (AvgIpc) is 3.18. The van der Waals surface area contributed by atoms with Crippen molar-refractivity contribution in [3.63, 3.8) is 0 Å². The summed E-state index contributed by atoms with van der Waals surface area (Å²) in [5.74, 6) is -5.67. The fraction of sp³-hybridized carbons (Fsp3) is 0.440. The van der Waals surface area contributed by atoms with E-state index in [1.807, 2.05) is 12.1 Å². The van der Waals surface area contributed by atoms with Gasteiger partial charge in [-0.2, -0.15) is 26.3 Å². The Balaban J connectivity index is 0.000000301. The highest BCUT2D eigenvalue weighted by Gasteiger charge is 2.49. The molecule has 0 radical (unpaired) electrons. The Hall–Kier alpha value is -3.19. The van der Waals surface area contributed by atoms with Gasteiger partial charge in [-0.05, 0) is 56.2 Å². The summed E-state index contributed by atoms with van der Waals surface area (Å²) >= 11 is 0. The van der Waals surface area contributed by atoms with Gasteiger partial charge in [0.1, 0.15) is 5.82 Å². The Morgan fingerprint density at radius 2 is 1.34 bits per heavy atom. The van der Waals surface area contributed by atoms with Gasteiger partial charge in [-0.1, -0.05) is 42.5 Å². The molecule has 2 saturated heterocycles. The van der Waals surface area contributed by atoms with Crippen LogP contribution in [0.3, 0.4) is 0 Å². The average molecular weight is 552 g/mol. The molecule has 2 aliphatic heterocycles. The first kappa shape index (κ1) is 31.0. The lowest BCUT2D eigenvalue weighted by Crippen LogP contribution is -2.54. The van der Waals surface area contributed by atoms with Gasteiger partial charge in [0.2, 0.25) is 0 Å². The Labute approximate surface area is 214 Å². The quantitative estimate of drug-likeness (QED) is 0.526. The molecule has 38 heavy (non-hydrogen) atoms. The highest BCUT2D eigenvalue weighted by molar-refractivity contribution is 5.73. The standard InChI is InChI=1S/C21H25FN2.2C2HF3O2/c1-23-13-11-21(18-5-3-2-4-6-18)12-14-24(16-20(21)23)15-17-7-9-19(22)10-8-17;2*3-2(4,5)1(6)7/h2-10,20H,11-16H2,1H3;2*(H,6,7). The second kappa shape index (κ2) is 12.6. The van der Waals surface area contributed by atoms with Crippen molar-refractivity contribution in [1.82, 2.24) is 9.80 Å². The van der Waals surface area contributed by atoms with Crippen LogP contribution in [0.25, 0.3) is 0 Å². The molecule has 4 rings (SSSR count). The van der Waals surface area contributed by atoms with Crippen LogP contribution in [-0.2, 0) is 21.5 Å². The number of likely N-dealkylation sites (N-methyl/N-ethyl adjacent to an activating group) is 1. The summed E-state index contributed by atoms with van der Waals surface area (Å²) in [6, 6.07) is 18.6.